The van der Waals surface area contributed by atoms with Gasteiger partial charge in [0.05, 0.1) is 4.92 Å². The minimum absolute atomic E-state index is 0.00260. The summed E-state index contributed by atoms with van der Waals surface area (Å²) >= 11 is 0. The van der Waals surface area contributed by atoms with Gasteiger partial charge in [-0.1, -0.05) is 23.4 Å². The molecule has 0 bridgehead atoms. The van der Waals surface area contributed by atoms with E-state index in [1.165, 1.54) is 19.1 Å². The number of rotatable bonds is 6. The fourth-order valence-corrected chi connectivity index (χ4v) is 1.14. The molecule has 0 aliphatic rings. The molecule has 0 atom stereocenters. The van der Waals surface area contributed by atoms with E-state index in [1.54, 1.807) is 24.3 Å². The van der Waals surface area contributed by atoms with Crippen LogP contribution in [-0.4, -0.2) is 28.3 Å². The van der Waals surface area contributed by atoms with Crippen LogP contribution in [-0.2, 0) is 9.63 Å². The molecule has 0 heterocycles. The monoisotopic (exact) mass is 264 g/mol. The number of hydrogen-bond acceptors (Lipinski definition) is 5. The number of oxime groups is 1. The zero-order valence-corrected chi connectivity index (χ0v) is 10.1. The zero-order chi connectivity index (χ0) is 14.3. The maximum Gasteiger partial charge on any atom is 0.353 e. The van der Waals surface area contributed by atoms with E-state index in [9.17, 15) is 14.9 Å². The Hall–Kier alpha value is -2.70. The summed E-state index contributed by atoms with van der Waals surface area (Å²) < 4.78 is 0. The van der Waals surface area contributed by atoms with Gasteiger partial charge in [0.1, 0.15) is 6.61 Å². The van der Waals surface area contributed by atoms with Gasteiger partial charge in [0.15, 0.2) is 5.71 Å². The van der Waals surface area contributed by atoms with Crippen molar-refractivity contribution in [2.75, 3.05) is 6.61 Å². The molecule has 0 saturated heterocycles. The highest BCUT2D eigenvalue weighted by molar-refractivity contribution is 6.34. The molecular weight excluding hydrogens is 252 g/mol. The molecule has 7 nitrogen and oxygen atoms in total. The van der Waals surface area contributed by atoms with Crippen molar-refractivity contribution in [2.24, 2.45) is 5.16 Å². The molecule has 0 aromatic heterocycles. The van der Waals surface area contributed by atoms with Crippen LogP contribution < -0.4 is 0 Å². The second-order valence-corrected chi connectivity index (χ2v) is 3.53. The normalized spacial score (nSPS) is 11.5. The van der Waals surface area contributed by atoms with Crippen molar-refractivity contribution in [2.45, 2.75) is 6.92 Å². The highest BCUT2D eigenvalue weighted by Crippen LogP contribution is 2.13. The van der Waals surface area contributed by atoms with Crippen LogP contribution in [0.2, 0.25) is 0 Å². The van der Waals surface area contributed by atoms with Crippen LogP contribution in [0.15, 0.2) is 35.5 Å². The van der Waals surface area contributed by atoms with Crippen LogP contribution in [0.5, 0.6) is 0 Å². The lowest BCUT2D eigenvalue weighted by molar-refractivity contribution is -0.384. The van der Waals surface area contributed by atoms with Crippen molar-refractivity contribution in [1.29, 1.82) is 0 Å². The van der Waals surface area contributed by atoms with Crippen LogP contribution >= 0.6 is 0 Å². The van der Waals surface area contributed by atoms with Gasteiger partial charge < -0.3 is 9.94 Å². The largest absolute Gasteiger partial charge is 0.477 e. The van der Waals surface area contributed by atoms with Crippen molar-refractivity contribution in [3.63, 3.8) is 0 Å². The average molecular weight is 264 g/mol. The third-order valence-electron chi connectivity index (χ3n) is 2.07. The number of carboxylic acid groups (broad SMARTS) is 1. The average Bonchev–Trinajstić information content (AvgIpc) is 2.38. The molecule has 1 aromatic carbocycles. The number of nitro groups is 1. The molecule has 0 aliphatic carbocycles. The summed E-state index contributed by atoms with van der Waals surface area (Å²) in [6.45, 7) is 1.39. The summed E-state index contributed by atoms with van der Waals surface area (Å²) in [6.07, 6.45) is 3.20. The summed E-state index contributed by atoms with van der Waals surface area (Å²) in [6, 6.07) is 6.09. The van der Waals surface area contributed by atoms with Crippen LogP contribution in [0.1, 0.15) is 12.5 Å². The molecule has 1 N–H and O–H groups in total. The number of non-ortho nitro benzene ring substituents is 1. The first-order valence-corrected chi connectivity index (χ1v) is 5.31. The second kappa shape index (κ2) is 6.90. The molecule has 1 aromatic rings. The quantitative estimate of drug-likeness (QED) is 0.367. The van der Waals surface area contributed by atoms with Crippen molar-refractivity contribution >= 4 is 23.4 Å². The van der Waals surface area contributed by atoms with Crippen LogP contribution in [0.25, 0.3) is 6.08 Å². The van der Waals surface area contributed by atoms with Crippen LogP contribution in [0.4, 0.5) is 5.69 Å². The van der Waals surface area contributed by atoms with E-state index in [-0.39, 0.29) is 18.0 Å². The fraction of sp³-hybridized carbons (Fsp3) is 0.167. The predicted octanol–water partition coefficient (Wildman–Crippen LogP) is 2.09. The van der Waals surface area contributed by atoms with Crippen molar-refractivity contribution in [1.82, 2.24) is 0 Å². The van der Waals surface area contributed by atoms with E-state index < -0.39 is 10.9 Å². The third kappa shape index (κ3) is 4.99. The Kier molecular flexibility index (Phi) is 5.21. The van der Waals surface area contributed by atoms with E-state index >= 15 is 0 Å². The van der Waals surface area contributed by atoms with Gasteiger partial charge in [0.2, 0.25) is 0 Å². The summed E-state index contributed by atoms with van der Waals surface area (Å²) in [5, 5.41) is 22.4. The van der Waals surface area contributed by atoms with Gasteiger partial charge in [-0.2, -0.15) is 0 Å². The van der Waals surface area contributed by atoms with E-state index in [1.807, 2.05) is 0 Å². The molecule has 0 spiro atoms. The summed E-state index contributed by atoms with van der Waals surface area (Å²) in [5.41, 5.74) is 0.503. The lowest BCUT2D eigenvalue weighted by Crippen LogP contribution is -2.08. The maximum absolute atomic E-state index is 10.6. The highest BCUT2D eigenvalue weighted by atomic mass is 16.6. The molecule has 19 heavy (non-hydrogen) atoms. The number of aliphatic carboxylic acids is 1. The molecule has 0 amide bonds. The number of nitrogens with zero attached hydrogens (tertiary/aromatic N) is 2. The number of carbonyl (C=O) groups is 1. The van der Waals surface area contributed by atoms with Crippen LogP contribution in [0.3, 0.4) is 0 Å². The van der Waals surface area contributed by atoms with Gasteiger partial charge in [0, 0.05) is 12.1 Å². The topological polar surface area (TPSA) is 102 Å². The van der Waals surface area contributed by atoms with E-state index in [0.717, 1.165) is 0 Å². The molecule has 0 aliphatic heterocycles. The first kappa shape index (κ1) is 14.4. The first-order valence-electron chi connectivity index (χ1n) is 5.31. The van der Waals surface area contributed by atoms with Gasteiger partial charge >= 0.3 is 5.97 Å². The van der Waals surface area contributed by atoms with Gasteiger partial charge in [-0.05, 0) is 18.6 Å². The number of nitro benzene ring substituents is 1. The molecular formula is C12H12N2O5. The van der Waals surface area contributed by atoms with Gasteiger partial charge in [-0.15, -0.1) is 0 Å². The number of carboxylic acids is 1. The lowest BCUT2D eigenvalue weighted by atomic mass is 10.2. The Balaban J connectivity index is 2.54. The van der Waals surface area contributed by atoms with E-state index in [2.05, 4.69) is 5.16 Å². The van der Waals surface area contributed by atoms with E-state index in [0.29, 0.717) is 5.56 Å². The fourth-order valence-electron chi connectivity index (χ4n) is 1.14. The van der Waals surface area contributed by atoms with Gasteiger partial charge in [-0.3, -0.25) is 10.1 Å². The molecule has 1 rings (SSSR count). The number of hydrogen-bond donors (Lipinski definition) is 1. The second-order valence-electron chi connectivity index (χ2n) is 3.53. The minimum Gasteiger partial charge on any atom is -0.477 e. The molecule has 0 unspecified atom stereocenters. The van der Waals surface area contributed by atoms with Crippen molar-refractivity contribution in [3.05, 3.63) is 46.0 Å². The number of benzene rings is 1. The Labute approximate surface area is 109 Å². The lowest BCUT2D eigenvalue weighted by Gasteiger charge is -1.96. The van der Waals surface area contributed by atoms with E-state index in [4.69, 9.17) is 9.94 Å². The standard InChI is InChI=1S/C12H12N2O5/c1-9(12(15)16)13-19-7-3-5-10-4-2-6-11(8-10)14(17)18/h2-6,8H,7H2,1H3,(H,15,16). The summed E-state index contributed by atoms with van der Waals surface area (Å²) in [4.78, 5) is 25.2. The SMILES string of the molecule is CC(=NOCC=Cc1cccc([N+](=O)[O-])c1)C(=O)O. The Morgan fingerprint density at radius 1 is 1.58 bits per heavy atom. The summed E-state index contributed by atoms with van der Waals surface area (Å²) in [5.74, 6) is -1.15. The molecule has 7 heteroatoms. The maximum atomic E-state index is 10.6. The van der Waals surface area contributed by atoms with Crippen molar-refractivity contribution in [3.8, 4) is 0 Å². The first-order chi connectivity index (χ1) is 9.00. The smallest absolute Gasteiger partial charge is 0.353 e. The Bertz CT molecular complexity index is 537. The van der Waals surface area contributed by atoms with Crippen LogP contribution in [0, 0.1) is 10.1 Å². The molecule has 0 fully saturated rings. The Morgan fingerprint density at radius 2 is 2.32 bits per heavy atom. The van der Waals surface area contributed by atoms with Gasteiger partial charge in [0.25, 0.3) is 5.69 Å². The Morgan fingerprint density at radius 3 is 2.95 bits per heavy atom. The zero-order valence-electron chi connectivity index (χ0n) is 10.1. The van der Waals surface area contributed by atoms with Crippen molar-refractivity contribution < 1.29 is 19.7 Å². The third-order valence-corrected chi connectivity index (χ3v) is 2.07. The predicted molar refractivity (Wildman–Crippen MR) is 68.8 cm³/mol. The minimum atomic E-state index is -1.15. The molecule has 0 radical (unpaired) electrons. The van der Waals surface area contributed by atoms with Gasteiger partial charge in [-0.25, -0.2) is 4.79 Å². The molecule has 100 valence electrons. The summed E-state index contributed by atoms with van der Waals surface area (Å²) in [7, 11) is 0. The molecule has 0 saturated carbocycles. The highest BCUT2D eigenvalue weighted by Gasteiger charge is 2.03.